The fourth-order valence-electron chi connectivity index (χ4n) is 2.12. The lowest BCUT2D eigenvalue weighted by Crippen LogP contribution is -1.88. The lowest BCUT2D eigenvalue weighted by Gasteiger charge is -2.02. The molecule has 1 heterocycles. The summed E-state index contributed by atoms with van der Waals surface area (Å²) in [6.07, 6.45) is 1.76. The normalized spacial score (nSPS) is 11.3. The first-order chi connectivity index (χ1) is 10.3. The summed E-state index contributed by atoms with van der Waals surface area (Å²) in [7, 11) is 0. The molecule has 0 aliphatic carbocycles. The third kappa shape index (κ3) is 2.75. The van der Waals surface area contributed by atoms with Crippen LogP contribution in [-0.4, -0.2) is 10.1 Å². The van der Waals surface area contributed by atoms with Gasteiger partial charge < -0.3 is 5.11 Å². The Kier molecular flexibility index (Phi) is 3.36. The van der Waals surface area contributed by atoms with Crippen molar-refractivity contribution in [3.05, 3.63) is 71.9 Å². The number of pyridine rings is 1. The first-order valence-corrected chi connectivity index (χ1v) is 6.53. The summed E-state index contributed by atoms with van der Waals surface area (Å²) in [5.41, 5.74) is 2.84. The van der Waals surface area contributed by atoms with Gasteiger partial charge in [-0.25, -0.2) is 4.98 Å². The first-order valence-electron chi connectivity index (χ1n) is 6.53. The van der Waals surface area contributed by atoms with E-state index in [4.69, 9.17) is 0 Å². The number of allylic oxidation sites excluding steroid dienone is 1. The topological polar surface area (TPSA) is 56.9 Å². The Bertz CT molecular complexity index is 858. The molecule has 0 spiro atoms. The summed E-state index contributed by atoms with van der Waals surface area (Å²) < 4.78 is 0. The number of aromatic nitrogens is 1. The molecule has 0 radical (unpaired) electrons. The minimum absolute atomic E-state index is 0.203. The van der Waals surface area contributed by atoms with Crippen molar-refractivity contribution in [2.45, 2.75) is 0 Å². The van der Waals surface area contributed by atoms with Gasteiger partial charge >= 0.3 is 0 Å². The second kappa shape index (κ2) is 5.48. The monoisotopic (exact) mass is 272 g/mol. The first kappa shape index (κ1) is 12.9. The Hall–Kier alpha value is -3.12. The predicted octanol–water partition coefficient (Wildman–Crippen LogP) is 4.00. The van der Waals surface area contributed by atoms with E-state index in [1.54, 1.807) is 30.3 Å². The summed E-state index contributed by atoms with van der Waals surface area (Å²) in [4.78, 5) is 4.52. The van der Waals surface area contributed by atoms with Gasteiger partial charge in [-0.1, -0.05) is 36.4 Å². The van der Waals surface area contributed by atoms with Gasteiger partial charge in [-0.3, -0.25) is 0 Å². The maximum absolute atomic E-state index is 9.36. The SMILES string of the molecule is N#C/C(=C\c1ccc(O)cc1)c1ccc2ccccc2n1. The molecule has 0 amide bonds. The average molecular weight is 272 g/mol. The molecule has 3 heteroatoms. The van der Waals surface area contributed by atoms with Crippen LogP contribution >= 0.6 is 0 Å². The van der Waals surface area contributed by atoms with E-state index >= 15 is 0 Å². The van der Waals surface area contributed by atoms with E-state index in [1.165, 1.54) is 0 Å². The summed E-state index contributed by atoms with van der Waals surface area (Å²) >= 11 is 0. The van der Waals surface area contributed by atoms with Crippen molar-refractivity contribution in [1.82, 2.24) is 4.98 Å². The van der Waals surface area contributed by atoms with E-state index < -0.39 is 0 Å². The number of nitrogens with zero attached hydrogens (tertiary/aromatic N) is 2. The smallest absolute Gasteiger partial charge is 0.115 e. The van der Waals surface area contributed by atoms with E-state index in [9.17, 15) is 10.4 Å². The highest BCUT2D eigenvalue weighted by atomic mass is 16.3. The molecule has 0 bridgehead atoms. The van der Waals surface area contributed by atoms with E-state index in [0.717, 1.165) is 16.5 Å². The Morgan fingerprint density at radius 1 is 1.00 bits per heavy atom. The molecular weight excluding hydrogens is 260 g/mol. The standard InChI is InChI=1S/C18H12N2O/c19-12-15(11-13-5-8-16(21)9-6-13)18-10-7-14-3-1-2-4-17(14)20-18/h1-11,21H/b15-11+. The van der Waals surface area contributed by atoms with Gasteiger partial charge in [0.1, 0.15) is 11.8 Å². The molecule has 0 aliphatic heterocycles. The molecular formula is C18H12N2O. The Morgan fingerprint density at radius 3 is 2.52 bits per heavy atom. The van der Waals surface area contributed by atoms with Gasteiger partial charge in [0.15, 0.2) is 0 Å². The van der Waals surface area contributed by atoms with E-state index in [1.807, 2.05) is 36.4 Å². The Balaban J connectivity index is 2.05. The minimum Gasteiger partial charge on any atom is -0.508 e. The van der Waals surface area contributed by atoms with E-state index in [0.29, 0.717) is 11.3 Å². The molecule has 2 aromatic carbocycles. The highest BCUT2D eigenvalue weighted by molar-refractivity contribution is 5.90. The maximum atomic E-state index is 9.36. The van der Waals surface area contributed by atoms with E-state index in [2.05, 4.69) is 11.1 Å². The zero-order chi connectivity index (χ0) is 14.7. The van der Waals surface area contributed by atoms with Crippen molar-refractivity contribution in [3.8, 4) is 11.8 Å². The van der Waals surface area contributed by atoms with Crippen LogP contribution in [0.3, 0.4) is 0 Å². The highest BCUT2D eigenvalue weighted by Crippen LogP contribution is 2.20. The third-order valence-electron chi connectivity index (χ3n) is 3.20. The van der Waals surface area contributed by atoms with Crippen LogP contribution in [0.4, 0.5) is 0 Å². The van der Waals surface area contributed by atoms with Crippen molar-refractivity contribution in [2.24, 2.45) is 0 Å². The van der Waals surface area contributed by atoms with Gasteiger partial charge in [0.2, 0.25) is 0 Å². The number of benzene rings is 2. The quantitative estimate of drug-likeness (QED) is 0.717. The molecule has 3 rings (SSSR count). The van der Waals surface area contributed by atoms with Crippen molar-refractivity contribution < 1.29 is 5.11 Å². The van der Waals surface area contributed by atoms with Gasteiger partial charge in [0.05, 0.1) is 16.8 Å². The minimum atomic E-state index is 0.203. The Morgan fingerprint density at radius 2 is 1.76 bits per heavy atom. The molecule has 0 saturated heterocycles. The molecule has 21 heavy (non-hydrogen) atoms. The van der Waals surface area contributed by atoms with Gasteiger partial charge in [-0.2, -0.15) is 5.26 Å². The zero-order valence-corrected chi connectivity index (χ0v) is 11.2. The van der Waals surface area contributed by atoms with Crippen LogP contribution in [0.5, 0.6) is 5.75 Å². The summed E-state index contributed by atoms with van der Waals surface area (Å²) in [6.45, 7) is 0. The lowest BCUT2D eigenvalue weighted by molar-refractivity contribution is 0.475. The van der Waals surface area contributed by atoms with Crippen LogP contribution in [0.25, 0.3) is 22.6 Å². The molecule has 1 N–H and O–H groups in total. The fraction of sp³-hybridized carbons (Fsp3) is 0. The van der Waals surface area contributed by atoms with E-state index in [-0.39, 0.29) is 5.75 Å². The number of para-hydroxylation sites is 1. The number of fused-ring (bicyclic) bond motifs is 1. The molecule has 0 atom stereocenters. The predicted molar refractivity (Wildman–Crippen MR) is 83.3 cm³/mol. The fourth-order valence-corrected chi connectivity index (χ4v) is 2.12. The highest BCUT2D eigenvalue weighted by Gasteiger charge is 2.04. The molecule has 0 aliphatic rings. The molecule has 3 nitrogen and oxygen atoms in total. The molecule has 100 valence electrons. The molecule has 0 fully saturated rings. The third-order valence-corrected chi connectivity index (χ3v) is 3.20. The number of nitriles is 1. The zero-order valence-electron chi connectivity index (χ0n) is 11.2. The molecule has 0 unspecified atom stereocenters. The number of phenols is 1. The summed E-state index contributed by atoms with van der Waals surface area (Å²) in [6, 6.07) is 20.5. The number of hydrogen-bond acceptors (Lipinski definition) is 3. The van der Waals surface area contributed by atoms with Crippen LogP contribution in [-0.2, 0) is 0 Å². The van der Waals surface area contributed by atoms with Crippen LogP contribution in [0.2, 0.25) is 0 Å². The van der Waals surface area contributed by atoms with Crippen molar-refractivity contribution in [3.63, 3.8) is 0 Å². The lowest BCUT2D eigenvalue weighted by atomic mass is 10.1. The van der Waals surface area contributed by atoms with Gasteiger partial charge in [-0.15, -0.1) is 0 Å². The van der Waals surface area contributed by atoms with Crippen LogP contribution in [0.1, 0.15) is 11.3 Å². The van der Waals surface area contributed by atoms with Crippen LogP contribution in [0, 0.1) is 11.3 Å². The average Bonchev–Trinajstić information content (AvgIpc) is 2.54. The summed E-state index contributed by atoms with van der Waals surface area (Å²) in [5.74, 6) is 0.203. The van der Waals surface area contributed by atoms with Gasteiger partial charge in [0.25, 0.3) is 0 Å². The Labute approximate surface area is 122 Å². The number of rotatable bonds is 2. The maximum Gasteiger partial charge on any atom is 0.115 e. The number of aromatic hydroxyl groups is 1. The largest absolute Gasteiger partial charge is 0.508 e. The van der Waals surface area contributed by atoms with Crippen molar-refractivity contribution in [1.29, 1.82) is 5.26 Å². The van der Waals surface area contributed by atoms with Crippen LogP contribution in [0.15, 0.2) is 60.7 Å². The second-order valence-electron chi connectivity index (χ2n) is 4.65. The second-order valence-corrected chi connectivity index (χ2v) is 4.65. The number of hydrogen-bond donors (Lipinski definition) is 1. The van der Waals surface area contributed by atoms with Gasteiger partial charge in [0, 0.05) is 5.39 Å². The summed E-state index contributed by atoms with van der Waals surface area (Å²) in [5, 5.41) is 19.7. The van der Waals surface area contributed by atoms with Crippen LogP contribution < -0.4 is 0 Å². The van der Waals surface area contributed by atoms with Crippen molar-refractivity contribution >= 4 is 22.6 Å². The van der Waals surface area contributed by atoms with Crippen molar-refractivity contribution in [2.75, 3.05) is 0 Å². The molecule has 0 saturated carbocycles. The van der Waals surface area contributed by atoms with Gasteiger partial charge in [-0.05, 0) is 35.9 Å². The number of phenolic OH excluding ortho intramolecular Hbond substituents is 1. The molecule has 3 aromatic rings. The molecule has 1 aromatic heterocycles.